The first kappa shape index (κ1) is 14.2. The molecule has 0 aliphatic carbocycles. The number of hydrogen-bond acceptors (Lipinski definition) is 3. The first-order valence-corrected chi connectivity index (χ1v) is 8.70. The molecule has 4 rings (SSSR count). The van der Waals surface area contributed by atoms with E-state index >= 15 is 0 Å². The summed E-state index contributed by atoms with van der Waals surface area (Å²) in [6, 6.07) is 19.3. The number of para-hydroxylation sites is 2. The summed E-state index contributed by atoms with van der Waals surface area (Å²) >= 11 is 1.80. The van der Waals surface area contributed by atoms with Crippen molar-refractivity contribution in [3.05, 3.63) is 71.1 Å². The number of hydrogen-bond donors (Lipinski definition) is 0. The van der Waals surface area contributed by atoms with Crippen LogP contribution in [0.15, 0.2) is 65.0 Å². The van der Waals surface area contributed by atoms with E-state index in [-0.39, 0.29) is 0 Å². The lowest BCUT2D eigenvalue weighted by molar-refractivity contribution is 0.875. The van der Waals surface area contributed by atoms with Crippen molar-refractivity contribution in [1.29, 1.82) is 0 Å². The van der Waals surface area contributed by atoms with Crippen LogP contribution in [-0.2, 0) is 6.54 Å². The monoisotopic (exact) mass is 318 g/mol. The number of benzene rings is 2. The van der Waals surface area contributed by atoms with Gasteiger partial charge in [0.2, 0.25) is 0 Å². The van der Waals surface area contributed by atoms with E-state index in [2.05, 4.69) is 70.7 Å². The molecule has 2 nitrogen and oxygen atoms in total. The molecular weight excluding hydrogens is 300 g/mol. The average Bonchev–Trinajstić information content (AvgIpc) is 3.11. The molecule has 23 heavy (non-hydrogen) atoms. The summed E-state index contributed by atoms with van der Waals surface area (Å²) in [7, 11) is 0. The highest BCUT2D eigenvalue weighted by atomic mass is 32.1. The van der Waals surface area contributed by atoms with E-state index in [0.29, 0.717) is 0 Å². The Morgan fingerprint density at radius 1 is 1.04 bits per heavy atom. The van der Waals surface area contributed by atoms with Gasteiger partial charge in [0, 0.05) is 17.6 Å². The van der Waals surface area contributed by atoms with Crippen molar-refractivity contribution in [2.24, 2.45) is 4.99 Å². The summed E-state index contributed by atoms with van der Waals surface area (Å²) in [5.74, 6) is 0. The van der Waals surface area contributed by atoms with Gasteiger partial charge in [0.25, 0.3) is 0 Å². The third-order valence-corrected chi connectivity index (χ3v) is 5.25. The summed E-state index contributed by atoms with van der Waals surface area (Å²) in [6.45, 7) is 4.00. The van der Waals surface area contributed by atoms with Gasteiger partial charge in [0.15, 0.2) is 0 Å². The molecule has 0 spiro atoms. The van der Waals surface area contributed by atoms with Crippen molar-refractivity contribution >= 4 is 28.9 Å². The third kappa shape index (κ3) is 2.68. The van der Waals surface area contributed by atoms with Crippen LogP contribution in [0.4, 0.5) is 11.4 Å². The fourth-order valence-corrected chi connectivity index (χ4v) is 3.89. The average molecular weight is 318 g/mol. The summed E-state index contributed by atoms with van der Waals surface area (Å²) in [5.41, 5.74) is 6.37. The van der Waals surface area contributed by atoms with Gasteiger partial charge < -0.3 is 4.90 Å². The van der Waals surface area contributed by atoms with Gasteiger partial charge in [0.05, 0.1) is 17.9 Å². The van der Waals surface area contributed by atoms with Gasteiger partial charge in [-0.3, -0.25) is 4.99 Å². The summed E-state index contributed by atoms with van der Waals surface area (Å²) in [5, 5.41) is 2.14. The summed E-state index contributed by atoms with van der Waals surface area (Å²) in [4.78, 5) is 8.23. The topological polar surface area (TPSA) is 15.6 Å². The number of fused-ring (bicyclic) bond motifs is 1. The Morgan fingerprint density at radius 2 is 1.96 bits per heavy atom. The normalized spacial score (nSPS) is 13.2. The first-order valence-electron chi connectivity index (χ1n) is 7.82. The molecule has 0 fully saturated rings. The largest absolute Gasteiger partial charge is 0.360 e. The quantitative estimate of drug-likeness (QED) is 0.627. The Morgan fingerprint density at radius 3 is 2.83 bits per heavy atom. The SMILES string of the molecule is Cc1c(CN2CC=Nc3ccccc32)cccc1-c1cccs1. The molecule has 0 N–H and O–H groups in total. The molecule has 0 saturated carbocycles. The summed E-state index contributed by atoms with van der Waals surface area (Å²) in [6.07, 6.45) is 2.00. The fourth-order valence-electron chi connectivity index (χ4n) is 3.09. The van der Waals surface area contributed by atoms with Crippen molar-refractivity contribution in [1.82, 2.24) is 0 Å². The Kier molecular flexibility index (Phi) is 3.72. The highest BCUT2D eigenvalue weighted by molar-refractivity contribution is 7.13. The maximum absolute atomic E-state index is 4.50. The molecule has 3 aromatic rings. The molecule has 1 aromatic heterocycles. The molecule has 0 unspecified atom stereocenters. The van der Waals surface area contributed by atoms with E-state index in [9.17, 15) is 0 Å². The van der Waals surface area contributed by atoms with Crippen LogP contribution in [-0.4, -0.2) is 12.8 Å². The number of nitrogens with zero attached hydrogens (tertiary/aromatic N) is 2. The molecule has 3 heteroatoms. The van der Waals surface area contributed by atoms with Crippen molar-refractivity contribution in [3.63, 3.8) is 0 Å². The summed E-state index contributed by atoms with van der Waals surface area (Å²) < 4.78 is 0. The predicted octanol–water partition coefficient (Wildman–Crippen LogP) is 5.45. The van der Waals surface area contributed by atoms with Crippen LogP contribution in [0.5, 0.6) is 0 Å². The van der Waals surface area contributed by atoms with Gasteiger partial charge in [-0.1, -0.05) is 36.4 Å². The zero-order valence-corrected chi connectivity index (χ0v) is 13.9. The van der Waals surface area contributed by atoms with Gasteiger partial charge in [0.1, 0.15) is 0 Å². The predicted molar refractivity (Wildman–Crippen MR) is 100 cm³/mol. The van der Waals surface area contributed by atoms with E-state index in [1.807, 2.05) is 12.3 Å². The molecule has 2 aromatic carbocycles. The van der Waals surface area contributed by atoms with Crippen LogP contribution in [0, 0.1) is 6.92 Å². The van der Waals surface area contributed by atoms with Crippen LogP contribution in [0.25, 0.3) is 10.4 Å². The van der Waals surface area contributed by atoms with Crippen molar-refractivity contribution in [2.45, 2.75) is 13.5 Å². The smallest absolute Gasteiger partial charge is 0.0860 e. The molecule has 1 aliphatic rings. The van der Waals surface area contributed by atoms with Crippen LogP contribution in [0.1, 0.15) is 11.1 Å². The van der Waals surface area contributed by atoms with Crippen molar-refractivity contribution in [2.75, 3.05) is 11.4 Å². The van der Waals surface area contributed by atoms with E-state index in [1.54, 1.807) is 11.3 Å². The second-order valence-electron chi connectivity index (χ2n) is 5.75. The van der Waals surface area contributed by atoms with Crippen LogP contribution < -0.4 is 4.90 Å². The van der Waals surface area contributed by atoms with E-state index in [0.717, 1.165) is 18.8 Å². The Bertz CT molecular complexity index is 850. The second-order valence-corrected chi connectivity index (χ2v) is 6.70. The van der Waals surface area contributed by atoms with Gasteiger partial charge in [-0.05, 0) is 47.2 Å². The van der Waals surface area contributed by atoms with E-state index in [4.69, 9.17) is 0 Å². The first-order chi connectivity index (χ1) is 11.3. The maximum Gasteiger partial charge on any atom is 0.0860 e. The number of thiophene rings is 1. The van der Waals surface area contributed by atoms with Gasteiger partial charge in [-0.2, -0.15) is 0 Å². The molecule has 1 aliphatic heterocycles. The molecule has 114 valence electrons. The Hall–Kier alpha value is -2.39. The van der Waals surface area contributed by atoms with E-state index in [1.165, 1.54) is 27.3 Å². The molecule has 2 heterocycles. The number of aliphatic imine (C=N–C) groups is 1. The lowest BCUT2D eigenvalue weighted by Crippen LogP contribution is -2.27. The maximum atomic E-state index is 4.50. The zero-order chi connectivity index (χ0) is 15.6. The van der Waals surface area contributed by atoms with Crippen molar-refractivity contribution < 1.29 is 0 Å². The number of rotatable bonds is 3. The Labute approximate surface area is 140 Å². The van der Waals surface area contributed by atoms with Crippen molar-refractivity contribution in [3.8, 4) is 10.4 Å². The highest BCUT2D eigenvalue weighted by Crippen LogP contribution is 2.34. The van der Waals surface area contributed by atoms with Gasteiger partial charge >= 0.3 is 0 Å². The van der Waals surface area contributed by atoms with E-state index < -0.39 is 0 Å². The molecule has 0 atom stereocenters. The van der Waals surface area contributed by atoms with Crippen LogP contribution >= 0.6 is 11.3 Å². The Balaban J connectivity index is 1.68. The molecular formula is C20H18N2S. The third-order valence-electron chi connectivity index (χ3n) is 4.35. The highest BCUT2D eigenvalue weighted by Gasteiger charge is 2.15. The minimum Gasteiger partial charge on any atom is -0.360 e. The molecule has 0 saturated heterocycles. The zero-order valence-electron chi connectivity index (χ0n) is 13.1. The lowest BCUT2D eigenvalue weighted by Gasteiger charge is -2.28. The van der Waals surface area contributed by atoms with Crippen LogP contribution in [0.3, 0.4) is 0 Å². The van der Waals surface area contributed by atoms with Gasteiger partial charge in [-0.15, -0.1) is 11.3 Å². The fraction of sp³-hybridized carbons (Fsp3) is 0.150. The molecule has 0 radical (unpaired) electrons. The van der Waals surface area contributed by atoms with Crippen LogP contribution in [0.2, 0.25) is 0 Å². The molecule has 0 bridgehead atoms. The van der Waals surface area contributed by atoms with Gasteiger partial charge in [-0.25, -0.2) is 0 Å². The second kappa shape index (κ2) is 6.01. The minimum absolute atomic E-state index is 0.861. The minimum atomic E-state index is 0.861. The standard InChI is InChI=1S/C20H18N2S/c1-15-16(6-4-7-17(15)20-10-5-13-23-20)14-22-12-11-21-18-8-2-3-9-19(18)22/h2-11,13H,12,14H2,1H3. The number of anilines is 1. The molecule has 0 amide bonds. The lowest BCUT2D eigenvalue weighted by atomic mass is 10.0.